The van der Waals surface area contributed by atoms with E-state index in [1.54, 1.807) is 32.8 Å². The second-order valence-electron chi connectivity index (χ2n) is 5.70. The molecular weight excluding hydrogens is 304 g/mol. The van der Waals surface area contributed by atoms with Crippen molar-refractivity contribution in [2.24, 2.45) is 0 Å². The Kier molecular flexibility index (Phi) is 5.31. The zero-order valence-corrected chi connectivity index (χ0v) is 14.1. The molecule has 0 unspecified atom stereocenters. The molecule has 0 N–H and O–H groups in total. The Morgan fingerprint density at radius 3 is 2.71 bits per heavy atom. The number of ether oxygens (including phenoxy) is 3. The van der Waals surface area contributed by atoms with Crippen LogP contribution in [0.2, 0.25) is 0 Å². The van der Waals surface area contributed by atoms with Gasteiger partial charge in [-0.15, -0.1) is 0 Å². The van der Waals surface area contributed by atoms with Crippen LogP contribution in [0.5, 0.6) is 17.4 Å². The van der Waals surface area contributed by atoms with E-state index in [1.807, 2.05) is 12.1 Å². The fraction of sp³-hybridized carbons (Fsp3) is 0.368. The standard InChI is InChI=1S/C19H22N2O3/c1-22-15-10-16(12-20-11-15)24-13-14-6-3-4-7-17(14)18-8-5-9-21-19(18)23-2/h5,8-12H,3-4,6-7,13H2,1-2H3. The lowest BCUT2D eigenvalue weighted by atomic mass is 9.88. The molecule has 1 aliphatic carbocycles. The SMILES string of the molecule is COc1cncc(OCC2=C(c3cccnc3OC)CCCC2)c1. The van der Waals surface area contributed by atoms with E-state index in [2.05, 4.69) is 16.0 Å². The third-order valence-corrected chi connectivity index (χ3v) is 4.21. The van der Waals surface area contributed by atoms with Crippen LogP contribution in [0.15, 0.2) is 42.4 Å². The smallest absolute Gasteiger partial charge is 0.220 e. The van der Waals surface area contributed by atoms with E-state index in [4.69, 9.17) is 14.2 Å². The van der Waals surface area contributed by atoms with Gasteiger partial charge in [-0.2, -0.15) is 0 Å². The van der Waals surface area contributed by atoms with Crippen molar-refractivity contribution in [1.29, 1.82) is 0 Å². The number of hydrogen-bond donors (Lipinski definition) is 0. The maximum atomic E-state index is 5.95. The van der Waals surface area contributed by atoms with Crippen LogP contribution in [-0.2, 0) is 0 Å². The summed E-state index contributed by atoms with van der Waals surface area (Å²) in [6, 6.07) is 5.87. The minimum Gasteiger partial charge on any atom is -0.495 e. The van der Waals surface area contributed by atoms with Gasteiger partial charge in [-0.25, -0.2) is 4.98 Å². The molecule has 2 aromatic rings. The lowest BCUT2D eigenvalue weighted by Crippen LogP contribution is -2.09. The highest BCUT2D eigenvalue weighted by atomic mass is 16.5. The Bertz CT molecular complexity index is 728. The molecule has 0 saturated carbocycles. The van der Waals surface area contributed by atoms with E-state index in [0.29, 0.717) is 24.0 Å². The van der Waals surface area contributed by atoms with Crippen molar-refractivity contribution in [2.45, 2.75) is 25.7 Å². The van der Waals surface area contributed by atoms with Crippen LogP contribution in [0, 0.1) is 0 Å². The monoisotopic (exact) mass is 326 g/mol. The summed E-state index contributed by atoms with van der Waals surface area (Å²) in [4.78, 5) is 8.45. The van der Waals surface area contributed by atoms with E-state index in [-0.39, 0.29) is 0 Å². The van der Waals surface area contributed by atoms with Crippen molar-refractivity contribution >= 4 is 5.57 Å². The molecule has 0 spiro atoms. The molecule has 0 atom stereocenters. The number of aromatic nitrogens is 2. The number of nitrogens with zero attached hydrogens (tertiary/aromatic N) is 2. The lowest BCUT2D eigenvalue weighted by molar-refractivity contribution is 0.338. The predicted molar refractivity (Wildman–Crippen MR) is 92.5 cm³/mol. The average Bonchev–Trinajstić information content (AvgIpc) is 2.66. The Morgan fingerprint density at radius 2 is 1.88 bits per heavy atom. The molecule has 126 valence electrons. The molecule has 24 heavy (non-hydrogen) atoms. The molecular formula is C19H22N2O3. The normalized spacial score (nSPS) is 14.4. The fourth-order valence-electron chi connectivity index (χ4n) is 3.00. The molecule has 0 aliphatic heterocycles. The van der Waals surface area contributed by atoms with E-state index in [0.717, 1.165) is 18.4 Å². The zero-order chi connectivity index (χ0) is 16.8. The van der Waals surface area contributed by atoms with Crippen LogP contribution in [0.3, 0.4) is 0 Å². The molecule has 0 bridgehead atoms. The van der Waals surface area contributed by atoms with E-state index in [1.165, 1.54) is 24.0 Å². The van der Waals surface area contributed by atoms with E-state index >= 15 is 0 Å². The first-order valence-electron chi connectivity index (χ1n) is 8.14. The number of allylic oxidation sites excluding steroid dienone is 1. The summed E-state index contributed by atoms with van der Waals surface area (Å²) in [5, 5.41) is 0. The first kappa shape index (κ1) is 16.3. The van der Waals surface area contributed by atoms with Gasteiger partial charge in [0.05, 0.1) is 26.6 Å². The van der Waals surface area contributed by atoms with Gasteiger partial charge in [0.15, 0.2) is 0 Å². The molecule has 5 heteroatoms. The Balaban J connectivity index is 1.84. The molecule has 5 nitrogen and oxygen atoms in total. The maximum absolute atomic E-state index is 5.95. The van der Waals surface area contributed by atoms with E-state index in [9.17, 15) is 0 Å². The Morgan fingerprint density at radius 1 is 1.04 bits per heavy atom. The largest absolute Gasteiger partial charge is 0.495 e. The predicted octanol–water partition coefficient (Wildman–Crippen LogP) is 3.90. The maximum Gasteiger partial charge on any atom is 0.220 e. The van der Waals surface area contributed by atoms with Gasteiger partial charge in [-0.05, 0) is 49.0 Å². The molecule has 2 aromatic heterocycles. The van der Waals surface area contributed by atoms with Crippen molar-refractivity contribution in [1.82, 2.24) is 9.97 Å². The Hall–Kier alpha value is -2.56. The second kappa shape index (κ2) is 7.81. The topological polar surface area (TPSA) is 53.5 Å². The summed E-state index contributed by atoms with van der Waals surface area (Å²) >= 11 is 0. The van der Waals surface area contributed by atoms with Gasteiger partial charge in [0.1, 0.15) is 18.1 Å². The van der Waals surface area contributed by atoms with Gasteiger partial charge in [-0.3, -0.25) is 4.98 Å². The molecule has 1 aliphatic rings. The van der Waals surface area contributed by atoms with Gasteiger partial charge < -0.3 is 14.2 Å². The summed E-state index contributed by atoms with van der Waals surface area (Å²) in [7, 11) is 3.28. The summed E-state index contributed by atoms with van der Waals surface area (Å²) < 4.78 is 16.6. The first-order chi connectivity index (χ1) is 11.8. The number of rotatable bonds is 6. The lowest BCUT2D eigenvalue weighted by Gasteiger charge is -2.22. The van der Waals surface area contributed by atoms with Crippen LogP contribution in [0.1, 0.15) is 31.2 Å². The van der Waals surface area contributed by atoms with Crippen LogP contribution < -0.4 is 14.2 Å². The van der Waals surface area contributed by atoms with Gasteiger partial charge in [-0.1, -0.05) is 0 Å². The zero-order valence-electron chi connectivity index (χ0n) is 14.1. The number of hydrogen-bond acceptors (Lipinski definition) is 5. The van der Waals surface area contributed by atoms with Crippen LogP contribution in [0.25, 0.3) is 5.57 Å². The van der Waals surface area contributed by atoms with Crippen LogP contribution in [0.4, 0.5) is 0 Å². The average molecular weight is 326 g/mol. The molecule has 0 saturated heterocycles. The van der Waals surface area contributed by atoms with E-state index < -0.39 is 0 Å². The van der Waals surface area contributed by atoms with Gasteiger partial charge in [0.25, 0.3) is 0 Å². The van der Waals surface area contributed by atoms with Crippen molar-refractivity contribution in [3.63, 3.8) is 0 Å². The van der Waals surface area contributed by atoms with Gasteiger partial charge in [0, 0.05) is 17.8 Å². The van der Waals surface area contributed by atoms with Crippen LogP contribution >= 0.6 is 0 Å². The fourth-order valence-corrected chi connectivity index (χ4v) is 3.00. The molecule has 0 amide bonds. The van der Waals surface area contributed by atoms with Crippen LogP contribution in [-0.4, -0.2) is 30.8 Å². The van der Waals surface area contributed by atoms with Crippen molar-refractivity contribution < 1.29 is 14.2 Å². The van der Waals surface area contributed by atoms with Gasteiger partial charge >= 0.3 is 0 Å². The summed E-state index contributed by atoms with van der Waals surface area (Å²) in [6.07, 6.45) is 9.54. The highest BCUT2D eigenvalue weighted by Gasteiger charge is 2.18. The molecule has 0 aromatic carbocycles. The third kappa shape index (κ3) is 3.67. The minimum atomic E-state index is 0.544. The van der Waals surface area contributed by atoms with Crippen molar-refractivity contribution in [2.75, 3.05) is 20.8 Å². The molecule has 0 fully saturated rings. The number of methoxy groups -OCH3 is 2. The highest BCUT2D eigenvalue weighted by molar-refractivity contribution is 5.72. The number of pyridine rings is 2. The Labute approximate surface area is 142 Å². The second-order valence-corrected chi connectivity index (χ2v) is 5.70. The molecule has 0 radical (unpaired) electrons. The van der Waals surface area contributed by atoms with Crippen molar-refractivity contribution in [3.8, 4) is 17.4 Å². The highest BCUT2D eigenvalue weighted by Crippen LogP contribution is 2.36. The summed E-state index contributed by atoms with van der Waals surface area (Å²) in [5.74, 6) is 2.08. The summed E-state index contributed by atoms with van der Waals surface area (Å²) in [5.41, 5.74) is 3.67. The third-order valence-electron chi connectivity index (χ3n) is 4.21. The quantitative estimate of drug-likeness (QED) is 0.806. The minimum absolute atomic E-state index is 0.544. The summed E-state index contributed by atoms with van der Waals surface area (Å²) in [6.45, 7) is 0.544. The molecule has 2 heterocycles. The van der Waals surface area contributed by atoms with Crippen molar-refractivity contribution in [3.05, 3.63) is 47.9 Å². The molecule has 3 rings (SSSR count). The van der Waals surface area contributed by atoms with Gasteiger partial charge in [0.2, 0.25) is 5.88 Å². The first-order valence-corrected chi connectivity index (χ1v) is 8.14.